The predicted molar refractivity (Wildman–Crippen MR) is 90.3 cm³/mol. The zero-order valence-electron chi connectivity index (χ0n) is 14.1. The van der Waals surface area contributed by atoms with E-state index in [4.69, 9.17) is 0 Å². The number of rotatable bonds is 7. The SMILES string of the molecule is Cc1csc(CNC(C)C)c1S(=O)(=O)N(C)C(C)C(C)C. The van der Waals surface area contributed by atoms with Crippen LogP contribution in [0.25, 0.3) is 0 Å². The Hall–Kier alpha value is -0.430. The molecule has 0 amide bonds. The molecule has 1 heterocycles. The van der Waals surface area contributed by atoms with Crippen molar-refractivity contribution in [3.05, 3.63) is 15.8 Å². The molecule has 0 bridgehead atoms. The lowest BCUT2D eigenvalue weighted by molar-refractivity contribution is 0.315. The summed E-state index contributed by atoms with van der Waals surface area (Å²) in [5, 5.41) is 5.23. The molecule has 122 valence electrons. The van der Waals surface area contributed by atoms with Crippen LogP contribution in [0.4, 0.5) is 0 Å². The van der Waals surface area contributed by atoms with E-state index in [1.807, 2.05) is 33.1 Å². The molecule has 1 aromatic heterocycles. The number of hydrogen-bond acceptors (Lipinski definition) is 4. The van der Waals surface area contributed by atoms with Crippen molar-refractivity contribution in [1.82, 2.24) is 9.62 Å². The summed E-state index contributed by atoms with van der Waals surface area (Å²) in [6.07, 6.45) is 0. The number of thiophene rings is 1. The fourth-order valence-corrected chi connectivity index (χ4v) is 5.24. The Balaban J connectivity index is 3.16. The van der Waals surface area contributed by atoms with Gasteiger partial charge in [0.25, 0.3) is 0 Å². The van der Waals surface area contributed by atoms with E-state index in [1.165, 1.54) is 15.6 Å². The molecule has 0 aromatic carbocycles. The molecule has 0 saturated carbocycles. The first-order valence-electron chi connectivity index (χ1n) is 7.37. The van der Waals surface area contributed by atoms with E-state index in [0.29, 0.717) is 17.5 Å². The zero-order chi connectivity index (χ0) is 16.4. The fraction of sp³-hybridized carbons (Fsp3) is 0.733. The number of nitrogens with one attached hydrogen (secondary N) is 1. The first-order chi connectivity index (χ1) is 9.59. The summed E-state index contributed by atoms with van der Waals surface area (Å²) in [5.41, 5.74) is 0.836. The van der Waals surface area contributed by atoms with Crippen LogP contribution in [0.2, 0.25) is 0 Å². The second-order valence-corrected chi connectivity index (χ2v) is 9.11. The number of hydrogen-bond donors (Lipinski definition) is 1. The number of sulfonamides is 1. The van der Waals surface area contributed by atoms with Crippen LogP contribution in [0.5, 0.6) is 0 Å². The minimum atomic E-state index is -3.45. The molecule has 0 spiro atoms. The van der Waals surface area contributed by atoms with Gasteiger partial charge < -0.3 is 5.32 Å². The maximum absolute atomic E-state index is 12.9. The fourth-order valence-electron chi connectivity index (χ4n) is 2.04. The Morgan fingerprint density at radius 1 is 1.24 bits per heavy atom. The van der Waals surface area contributed by atoms with E-state index in [1.54, 1.807) is 7.05 Å². The van der Waals surface area contributed by atoms with Crippen molar-refractivity contribution in [3.63, 3.8) is 0 Å². The van der Waals surface area contributed by atoms with Crippen LogP contribution in [0.3, 0.4) is 0 Å². The third-order valence-corrected chi connectivity index (χ3v) is 7.24. The highest BCUT2D eigenvalue weighted by atomic mass is 32.2. The maximum Gasteiger partial charge on any atom is 0.244 e. The van der Waals surface area contributed by atoms with Gasteiger partial charge >= 0.3 is 0 Å². The molecule has 0 fully saturated rings. The molecule has 0 aliphatic heterocycles. The third kappa shape index (κ3) is 4.28. The molecule has 4 nitrogen and oxygen atoms in total. The Morgan fingerprint density at radius 2 is 1.81 bits per heavy atom. The lowest BCUT2D eigenvalue weighted by Crippen LogP contribution is -2.38. The molecule has 21 heavy (non-hydrogen) atoms. The van der Waals surface area contributed by atoms with E-state index >= 15 is 0 Å². The standard InChI is InChI=1S/C15H28N2O2S2/c1-10(2)13(6)17(7)21(18,19)15-12(5)9-20-14(15)8-16-11(3)4/h9-11,13,16H,8H2,1-7H3. The van der Waals surface area contributed by atoms with Crippen molar-refractivity contribution in [2.75, 3.05) is 7.05 Å². The van der Waals surface area contributed by atoms with E-state index in [0.717, 1.165) is 10.4 Å². The predicted octanol–water partition coefficient (Wildman–Crippen LogP) is 3.22. The molecular weight excluding hydrogens is 304 g/mol. The van der Waals surface area contributed by atoms with Crippen LogP contribution in [0.1, 0.15) is 45.1 Å². The molecule has 1 atom stereocenters. The highest BCUT2D eigenvalue weighted by Gasteiger charge is 2.31. The molecule has 1 N–H and O–H groups in total. The van der Waals surface area contributed by atoms with Crippen molar-refractivity contribution < 1.29 is 8.42 Å². The Labute approximate surface area is 133 Å². The Kier molecular flexibility index (Phi) is 6.40. The van der Waals surface area contributed by atoms with Crippen LogP contribution in [0, 0.1) is 12.8 Å². The summed E-state index contributed by atoms with van der Waals surface area (Å²) in [6, 6.07) is 0.301. The molecule has 1 unspecified atom stereocenters. The average Bonchev–Trinajstić information content (AvgIpc) is 2.76. The molecule has 0 saturated heterocycles. The van der Waals surface area contributed by atoms with Crippen molar-refractivity contribution >= 4 is 21.4 Å². The van der Waals surface area contributed by atoms with Gasteiger partial charge in [0.05, 0.1) is 0 Å². The smallest absolute Gasteiger partial charge is 0.244 e. The van der Waals surface area contributed by atoms with E-state index in [9.17, 15) is 8.42 Å². The van der Waals surface area contributed by atoms with Crippen LogP contribution in [0.15, 0.2) is 10.3 Å². The van der Waals surface area contributed by atoms with Crippen molar-refractivity contribution in [2.24, 2.45) is 5.92 Å². The van der Waals surface area contributed by atoms with Gasteiger partial charge in [0.2, 0.25) is 10.0 Å². The molecule has 0 aliphatic carbocycles. The molecule has 1 rings (SSSR count). The summed E-state index contributed by atoms with van der Waals surface area (Å²) in [7, 11) is -1.77. The van der Waals surface area contributed by atoms with E-state index < -0.39 is 10.0 Å². The zero-order valence-corrected chi connectivity index (χ0v) is 15.7. The molecular formula is C15H28N2O2S2. The Morgan fingerprint density at radius 3 is 2.29 bits per heavy atom. The summed E-state index contributed by atoms with van der Waals surface area (Å²) in [6.45, 7) is 12.6. The van der Waals surface area contributed by atoms with Crippen molar-refractivity contribution in [2.45, 2.75) is 65.1 Å². The summed E-state index contributed by atoms with van der Waals surface area (Å²) in [4.78, 5) is 1.37. The lowest BCUT2D eigenvalue weighted by Gasteiger charge is -2.27. The monoisotopic (exact) mass is 332 g/mol. The van der Waals surface area contributed by atoms with Gasteiger partial charge in [-0.3, -0.25) is 0 Å². The summed E-state index contributed by atoms with van der Waals surface area (Å²) < 4.78 is 27.4. The van der Waals surface area contributed by atoms with Gasteiger partial charge in [-0.15, -0.1) is 11.3 Å². The number of nitrogens with zero attached hydrogens (tertiary/aromatic N) is 1. The molecule has 0 radical (unpaired) electrons. The van der Waals surface area contributed by atoms with Gasteiger partial charge in [0.1, 0.15) is 4.90 Å². The highest BCUT2D eigenvalue weighted by Crippen LogP contribution is 2.30. The summed E-state index contributed by atoms with van der Waals surface area (Å²) >= 11 is 1.51. The topological polar surface area (TPSA) is 49.4 Å². The van der Waals surface area contributed by atoms with Crippen LogP contribution in [-0.4, -0.2) is 31.9 Å². The average molecular weight is 333 g/mol. The quantitative estimate of drug-likeness (QED) is 0.834. The highest BCUT2D eigenvalue weighted by molar-refractivity contribution is 7.89. The molecule has 6 heteroatoms. The van der Waals surface area contributed by atoms with Gasteiger partial charge in [0.15, 0.2) is 0 Å². The van der Waals surface area contributed by atoms with E-state index in [-0.39, 0.29) is 12.0 Å². The second-order valence-electron chi connectivity index (χ2n) is 6.21. The lowest BCUT2D eigenvalue weighted by atomic mass is 10.1. The van der Waals surface area contributed by atoms with Crippen LogP contribution >= 0.6 is 11.3 Å². The normalized spacial score (nSPS) is 14.4. The molecule has 1 aromatic rings. The van der Waals surface area contributed by atoms with Gasteiger partial charge in [0, 0.05) is 30.6 Å². The maximum atomic E-state index is 12.9. The van der Waals surface area contributed by atoms with Gasteiger partial charge in [-0.1, -0.05) is 27.7 Å². The first kappa shape index (κ1) is 18.6. The first-order valence-corrected chi connectivity index (χ1v) is 9.69. The minimum absolute atomic E-state index is 0.0276. The van der Waals surface area contributed by atoms with Crippen molar-refractivity contribution in [1.29, 1.82) is 0 Å². The Bertz CT molecular complexity index is 562. The number of aryl methyl sites for hydroxylation is 1. The van der Waals surface area contributed by atoms with Crippen molar-refractivity contribution in [3.8, 4) is 0 Å². The third-order valence-electron chi connectivity index (χ3n) is 3.84. The van der Waals surface area contributed by atoms with Gasteiger partial charge in [-0.25, -0.2) is 8.42 Å². The van der Waals surface area contributed by atoms with Crippen LogP contribution < -0.4 is 5.32 Å². The van der Waals surface area contributed by atoms with Gasteiger partial charge in [-0.2, -0.15) is 4.31 Å². The van der Waals surface area contributed by atoms with Crippen LogP contribution in [-0.2, 0) is 16.6 Å². The van der Waals surface area contributed by atoms with E-state index in [2.05, 4.69) is 19.2 Å². The van der Waals surface area contributed by atoms with Gasteiger partial charge in [-0.05, 0) is 30.7 Å². The molecule has 0 aliphatic rings. The summed E-state index contributed by atoms with van der Waals surface area (Å²) in [5.74, 6) is 0.279. The minimum Gasteiger partial charge on any atom is -0.310 e. The largest absolute Gasteiger partial charge is 0.310 e. The second kappa shape index (κ2) is 7.22.